The number of nitrogen functional groups attached to an aromatic ring is 1. The topological polar surface area (TPSA) is 74.7 Å². The minimum absolute atomic E-state index is 0.324. The van der Waals surface area contributed by atoms with Gasteiger partial charge < -0.3 is 9.32 Å². The molecule has 2 heterocycles. The van der Waals surface area contributed by atoms with Gasteiger partial charge in [-0.1, -0.05) is 0 Å². The highest BCUT2D eigenvalue weighted by Crippen LogP contribution is 2.17. The number of amides is 1. The van der Waals surface area contributed by atoms with Crippen molar-refractivity contribution in [1.29, 1.82) is 0 Å². The van der Waals surface area contributed by atoms with Crippen molar-refractivity contribution in [3.8, 4) is 0 Å². The van der Waals surface area contributed by atoms with Crippen LogP contribution in [0.5, 0.6) is 0 Å². The number of carbonyl (C=O) groups is 1. The third kappa shape index (κ3) is 3.79. The van der Waals surface area contributed by atoms with Gasteiger partial charge >= 0.3 is 0 Å². The summed E-state index contributed by atoms with van der Waals surface area (Å²) in [6.45, 7) is 4.09. The molecule has 0 radical (unpaired) electrons. The summed E-state index contributed by atoms with van der Waals surface area (Å²) in [5, 5.41) is 0. The number of carbonyl (C=O) groups excluding carboxylic acids is 1. The molecule has 6 nitrogen and oxygen atoms in total. The highest BCUT2D eigenvalue weighted by atomic mass is 16.3. The number of nitrogens with two attached hydrogens (primary N) is 1. The monoisotopic (exact) mass is 266 g/mol. The molecule has 6 heteroatoms. The van der Waals surface area contributed by atoms with E-state index >= 15 is 0 Å². The van der Waals surface area contributed by atoms with Gasteiger partial charge in [-0.15, -0.1) is 0 Å². The van der Waals surface area contributed by atoms with Gasteiger partial charge in [0.05, 0.1) is 12.1 Å². The molecule has 0 spiro atoms. The summed E-state index contributed by atoms with van der Waals surface area (Å²) in [4.78, 5) is 15.9. The molecule has 1 aliphatic heterocycles. The van der Waals surface area contributed by atoms with E-state index in [0.29, 0.717) is 12.1 Å². The van der Waals surface area contributed by atoms with Crippen LogP contribution in [-0.2, 0) is 6.54 Å². The predicted octanol–water partition coefficient (Wildman–Crippen LogP) is 0.267. The smallest absolute Gasteiger partial charge is 0.268 e. The fourth-order valence-corrected chi connectivity index (χ4v) is 2.61. The number of rotatable bonds is 5. The van der Waals surface area contributed by atoms with Crippen molar-refractivity contribution in [3.63, 3.8) is 0 Å². The first kappa shape index (κ1) is 14.0. The van der Waals surface area contributed by atoms with Crippen LogP contribution in [-0.4, -0.2) is 49.4 Å². The van der Waals surface area contributed by atoms with Gasteiger partial charge in [0.15, 0.2) is 0 Å². The fraction of sp³-hybridized carbons (Fsp3) is 0.615. The standard InChI is InChI=1S/C13H22N4O2/c1-16-4-3-10(6-16)7-17(2)8-12-5-11(9-19-12)13(18)15-14/h5,9-10H,3-4,6-8,14H2,1-2H3,(H,15,18). The Morgan fingerprint density at radius 1 is 1.68 bits per heavy atom. The van der Waals surface area contributed by atoms with E-state index in [1.165, 1.54) is 19.2 Å². The third-order valence-corrected chi connectivity index (χ3v) is 3.53. The maximum atomic E-state index is 11.3. The lowest BCUT2D eigenvalue weighted by molar-refractivity contribution is 0.0953. The first-order chi connectivity index (χ1) is 9.08. The van der Waals surface area contributed by atoms with Gasteiger partial charge in [0.2, 0.25) is 0 Å². The van der Waals surface area contributed by atoms with E-state index in [1.54, 1.807) is 6.07 Å². The molecule has 0 aromatic carbocycles. The molecule has 2 rings (SSSR count). The Kier molecular flexibility index (Phi) is 4.57. The van der Waals surface area contributed by atoms with Gasteiger partial charge in [-0.3, -0.25) is 15.1 Å². The van der Waals surface area contributed by atoms with Gasteiger partial charge in [-0.05, 0) is 39.0 Å². The van der Waals surface area contributed by atoms with E-state index < -0.39 is 0 Å². The van der Waals surface area contributed by atoms with Crippen molar-refractivity contribution in [3.05, 3.63) is 23.7 Å². The average Bonchev–Trinajstić information content (AvgIpc) is 2.98. The summed E-state index contributed by atoms with van der Waals surface area (Å²) in [6.07, 6.45) is 2.69. The predicted molar refractivity (Wildman–Crippen MR) is 72.3 cm³/mol. The maximum Gasteiger partial charge on any atom is 0.268 e. The Morgan fingerprint density at radius 3 is 3.11 bits per heavy atom. The molecule has 1 aliphatic rings. The molecule has 1 aromatic rings. The molecule has 1 unspecified atom stereocenters. The summed E-state index contributed by atoms with van der Waals surface area (Å²) < 4.78 is 5.38. The Morgan fingerprint density at radius 2 is 2.47 bits per heavy atom. The van der Waals surface area contributed by atoms with Crippen molar-refractivity contribution >= 4 is 5.91 Å². The molecule has 1 amide bonds. The molecule has 19 heavy (non-hydrogen) atoms. The molecule has 106 valence electrons. The second kappa shape index (κ2) is 6.18. The van der Waals surface area contributed by atoms with Gasteiger partial charge in [0, 0.05) is 13.1 Å². The Balaban J connectivity index is 1.83. The molecule has 1 fully saturated rings. The van der Waals surface area contributed by atoms with Crippen molar-refractivity contribution in [1.82, 2.24) is 15.2 Å². The van der Waals surface area contributed by atoms with E-state index in [-0.39, 0.29) is 5.91 Å². The van der Waals surface area contributed by atoms with Crippen molar-refractivity contribution in [2.45, 2.75) is 13.0 Å². The van der Waals surface area contributed by atoms with Crippen LogP contribution in [0.1, 0.15) is 22.5 Å². The molecule has 3 N–H and O–H groups in total. The number of hydrogen-bond donors (Lipinski definition) is 2. The summed E-state index contributed by atoms with van der Waals surface area (Å²) in [5.41, 5.74) is 2.56. The number of hydrazine groups is 1. The van der Waals surface area contributed by atoms with Crippen molar-refractivity contribution in [2.24, 2.45) is 11.8 Å². The van der Waals surface area contributed by atoms with E-state index in [2.05, 4.69) is 29.3 Å². The lowest BCUT2D eigenvalue weighted by atomic mass is 10.1. The molecule has 0 saturated carbocycles. The molecule has 1 saturated heterocycles. The van der Waals surface area contributed by atoms with Crippen molar-refractivity contribution < 1.29 is 9.21 Å². The average molecular weight is 266 g/mol. The van der Waals surface area contributed by atoms with Crippen LogP contribution in [0.4, 0.5) is 0 Å². The van der Waals surface area contributed by atoms with Gasteiger partial charge in [0.1, 0.15) is 12.0 Å². The molecule has 1 aromatic heterocycles. The van der Waals surface area contributed by atoms with Crippen LogP contribution < -0.4 is 11.3 Å². The van der Waals surface area contributed by atoms with Gasteiger partial charge in [-0.2, -0.15) is 0 Å². The lowest BCUT2D eigenvalue weighted by Crippen LogP contribution is -2.29. The number of furan rings is 1. The second-order valence-corrected chi connectivity index (χ2v) is 5.39. The minimum Gasteiger partial charge on any atom is -0.467 e. The summed E-state index contributed by atoms with van der Waals surface area (Å²) in [7, 11) is 4.23. The summed E-state index contributed by atoms with van der Waals surface area (Å²) >= 11 is 0. The zero-order chi connectivity index (χ0) is 13.8. The largest absolute Gasteiger partial charge is 0.467 e. The quantitative estimate of drug-likeness (QED) is 0.454. The Bertz CT molecular complexity index is 432. The highest BCUT2D eigenvalue weighted by molar-refractivity contribution is 5.93. The van der Waals surface area contributed by atoms with Crippen molar-refractivity contribution in [2.75, 3.05) is 33.7 Å². The molecular formula is C13H22N4O2. The Hall–Kier alpha value is -1.37. The molecule has 0 aliphatic carbocycles. The SMILES string of the molecule is CN1CCC(CN(C)Cc2cc(C(=O)NN)co2)C1. The van der Waals surface area contributed by atoms with Gasteiger partial charge in [-0.25, -0.2) is 5.84 Å². The normalized spacial score (nSPS) is 20.1. The van der Waals surface area contributed by atoms with Crippen LogP contribution in [0.3, 0.4) is 0 Å². The maximum absolute atomic E-state index is 11.3. The number of likely N-dealkylation sites (tertiary alicyclic amines) is 1. The van der Waals surface area contributed by atoms with E-state index in [1.807, 2.05) is 0 Å². The third-order valence-electron chi connectivity index (χ3n) is 3.53. The van der Waals surface area contributed by atoms with Crippen LogP contribution >= 0.6 is 0 Å². The van der Waals surface area contributed by atoms with E-state index in [4.69, 9.17) is 10.3 Å². The minimum atomic E-state index is -0.324. The number of nitrogens with zero attached hydrogens (tertiary/aromatic N) is 2. The summed E-state index contributed by atoms with van der Waals surface area (Å²) in [5.74, 6) is 6.26. The molecule has 1 atom stereocenters. The zero-order valence-electron chi connectivity index (χ0n) is 11.6. The van der Waals surface area contributed by atoms with Crippen LogP contribution in [0.25, 0.3) is 0 Å². The second-order valence-electron chi connectivity index (χ2n) is 5.39. The van der Waals surface area contributed by atoms with Crippen LogP contribution in [0, 0.1) is 5.92 Å². The fourth-order valence-electron chi connectivity index (χ4n) is 2.61. The first-order valence-electron chi connectivity index (χ1n) is 6.54. The number of hydrogen-bond acceptors (Lipinski definition) is 5. The van der Waals surface area contributed by atoms with Crippen LogP contribution in [0.2, 0.25) is 0 Å². The first-order valence-corrected chi connectivity index (χ1v) is 6.54. The highest BCUT2D eigenvalue weighted by Gasteiger charge is 2.21. The van der Waals surface area contributed by atoms with E-state index in [9.17, 15) is 4.79 Å². The lowest BCUT2D eigenvalue weighted by Gasteiger charge is -2.19. The Labute approximate surface area is 113 Å². The van der Waals surface area contributed by atoms with Gasteiger partial charge in [0.25, 0.3) is 5.91 Å². The zero-order valence-corrected chi connectivity index (χ0v) is 11.6. The van der Waals surface area contributed by atoms with E-state index in [0.717, 1.165) is 24.8 Å². The number of nitrogens with one attached hydrogen (secondary N) is 1. The molecule has 0 bridgehead atoms. The summed E-state index contributed by atoms with van der Waals surface area (Å²) in [6, 6.07) is 1.74. The van der Waals surface area contributed by atoms with Crippen LogP contribution in [0.15, 0.2) is 16.7 Å². The molecular weight excluding hydrogens is 244 g/mol.